The van der Waals surface area contributed by atoms with E-state index in [1.165, 1.54) is 12.1 Å². The molecule has 1 heterocycles. The SMILES string of the molecule is Cc1cc(C(=O)Nc2c(C)cccc2C(=O)O)no1. The van der Waals surface area contributed by atoms with Crippen LogP contribution in [0.4, 0.5) is 5.69 Å². The summed E-state index contributed by atoms with van der Waals surface area (Å²) in [6, 6.07) is 6.25. The summed E-state index contributed by atoms with van der Waals surface area (Å²) in [6.07, 6.45) is 0. The Hall–Kier alpha value is -2.63. The average Bonchev–Trinajstić information content (AvgIpc) is 2.78. The van der Waals surface area contributed by atoms with Gasteiger partial charge in [-0.1, -0.05) is 17.3 Å². The molecule has 2 aromatic rings. The number of benzene rings is 1. The molecule has 1 aromatic carbocycles. The van der Waals surface area contributed by atoms with E-state index in [0.29, 0.717) is 11.3 Å². The van der Waals surface area contributed by atoms with Gasteiger partial charge in [-0.2, -0.15) is 0 Å². The van der Waals surface area contributed by atoms with Crippen molar-refractivity contribution in [1.29, 1.82) is 0 Å². The van der Waals surface area contributed by atoms with Gasteiger partial charge in [-0.25, -0.2) is 4.79 Å². The van der Waals surface area contributed by atoms with Crippen LogP contribution in [0.5, 0.6) is 0 Å². The number of carbonyl (C=O) groups is 2. The van der Waals surface area contributed by atoms with E-state index in [9.17, 15) is 9.59 Å². The molecule has 0 fully saturated rings. The highest BCUT2D eigenvalue weighted by Gasteiger charge is 2.17. The monoisotopic (exact) mass is 260 g/mol. The Bertz CT molecular complexity index is 646. The van der Waals surface area contributed by atoms with E-state index in [0.717, 1.165) is 0 Å². The summed E-state index contributed by atoms with van der Waals surface area (Å²) in [4.78, 5) is 23.0. The molecule has 2 rings (SSSR count). The van der Waals surface area contributed by atoms with Gasteiger partial charge in [0.05, 0.1) is 11.3 Å². The summed E-state index contributed by atoms with van der Waals surface area (Å²) in [5.41, 5.74) is 1.07. The van der Waals surface area contributed by atoms with Crippen molar-refractivity contribution in [2.45, 2.75) is 13.8 Å². The summed E-state index contributed by atoms with van der Waals surface area (Å²) in [5.74, 6) is -1.10. The number of rotatable bonds is 3. The minimum absolute atomic E-state index is 0.0357. The normalized spacial score (nSPS) is 10.2. The molecule has 6 heteroatoms. The standard InChI is InChI=1S/C13H12N2O4/c1-7-4-3-5-9(13(17)18)11(7)14-12(16)10-6-8(2)19-15-10/h3-6H,1-2H3,(H,14,16)(H,17,18). The first-order valence-electron chi connectivity index (χ1n) is 5.56. The van der Waals surface area contributed by atoms with Crippen LogP contribution in [0.3, 0.4) is 0 Å². The van der Waals surface area contributed by atoms with Crippen molar-refractivity contribution >= 4 is 17.6 Å². The van der Waals surface area contributed by atoms with E-state index < -0.39 is 11.9 Å². The number of nitrogens with one attached hydrogen (secondary N) is 1. The number of carboxylic acid groups (broad SMARTS) is 1. The number of amides is 1. The first-order valence-corrected chi connectivity index (χ1v) is 5.56. The van der Waals surface area contributed by atoms with Gasteiger partial charge in [-0.05, 0) is 25.5 Å². The number of aromatic nitrogens is 1. The van der Waals surface area contributed by atoms with Gasteiger partial charge in [0.15, 0.2) is 5.69 Å². The van der Waals surface area contributed by atoms with Crippen molar-refractivity contribution in [2.24, 2.45) is 0 Å². The molecule has 19 heavy (non-hydrogen) atoms. The lowest BCUT2D eigenvalue weighted by atomic mass is 10.1. The summed E-state index contributed by atoms with van der Waals surface area (Å²) in [7, 11) is 0. The van der Waals surface area contributed by atoms with E-state index in [-0.39, 0.29) is 16.9 Å². The van der Waals surface area contributed by atoms with Crippen molar-refractivity contribution < 1.29 is 19.2 Å². The Kier molecular flexibility index (Phi) is 3.33. The molecule has 0 saturated heterocycles. The van der Waals surface area contributed by atoms with Gasteiger partial charge >= 0.3 is 5.97 Å². The second-order valence-electron chi connectivity index (χ2n) is 4.08. The molecule has 1 aromatic heterocycles. The molecule has 0 unspecified atom stereocenters. The van der Waals surface area contributed by atoms with Crippen LogP contribution in [0.1, 0.15) is 32.2 Å². The van der Waals surface area contributed by atoms with Crippen LogP contribution in [0.15, 0.2) is 28.8 Å². The van der Waals surface area contributed by atoms with Crippen molar-refractivity contribution in [3.05, 3.63) is 46.8 Å². The predicted molar refractivity (Wildman–Crippen MR) is 67.3 cm³/mol. The third-order valence-corrected chi connectivity index (χ3v) is 2.60. The van der Waals surface area contributed by atoms with Gasteiger partial charge < -0.3 is 14.9 Å². The largest absolute Gasteiger partial charge is 0.478 e. The molecule has 2 N–H and O–H groups in total. The van der Waals surface area contributed by atoms with E-state index in [1.54, 1.807) is 26.0 Å². The van der Waals surface area contributed by atoms with Gasteiger partial charge in [0, 0.05) is 6.07 Å². The fraction of sp³-hybridized carbons (Fsp3) is 0.154. The van der Waals surface area contributed by atoms with Crippen molar-refractivity contribution in [3.63, 3.8) is 0 Å². The molecule has 0 bridgehead atoms. The highest BCUT2D eigenvalue weighted by Crippen LogP contribution is 2.21. The number of anilines is 1. The molecule has 0 radical (unpaired) electrons. The fourth-order valence-electron chi connectivity index (χ4n) is 1.66. The van der Waals surface area contributed by atoms with Gasteiger partial charge in [0.1, 0.15) is 5.76 Å². The molecule has 1 amide bonds. The first-order chi connectivity index (χ1) is 8.99. The second-order valence-corrected chi connectivity index (χ2v) is 4.08. The smallest absolute Gasteiger partial charge is 0.337 e. The van der Waals surface area contributed by atoms with Crippen LogP contribution < -0.4 is 5.32 Å². The molecule has 98 valence electrons. The van der Waals surface area contributed by atoms with Crippen LogP contribution in [-0.4, -0.2) is 22.1 Å². The lowest BCUT2D eigenvalue weighted by Gasteiger charge is -2.10. The molecule has 0 aliphatic heterocycles. The topological polar surface area (TPSA) is 92.4 Å². The minimum Gasteiger partial charge on any atom is -0.478 e. The van der Waals surface area contributed by atoms with Gasteiger partial charge in [0.2, 0.25) is 0 Å². The predicted octanol–water partition coefficient (Wildman–Crippen LogP) is 2.24. The van der Waals surface area contributed by atoms with E-state index >= 15 is 0 Å². The maximum Gasteiger partial charge on any atom is 0.337 e. The van der Waals surface area contributed by atoms with Crippen molar-refractivity contribution in [1.82, 2.24) is 5.16 Å². The molecule has 6 nitrogen and oxygen atoms in total. The number of carboxylic acids is 1. The summed E-state index contributed by atoms with van der Waals surface area (Å²) in [5, 5.41) is 15.2. The Morgan fingerprint density at radius 3 is 2.63 bits per heavy atom. The molecular formula is C13H12N2O4. The first kappa shape index (κ1) is 12.8. The van der Waals surface area contributed by atoms with E-state index in [4.69, 9.17) is 9.63 Å². The molecule has 0 aliphatic rings. The molecule has 0 spiro atoms. The summed E-state index contributed by atoms with van der Waals surface area (Å²) >= 11 is 0. The lowest BCUT2D eigenvalue weighted by molar-refractivity contribution is 0.0698. The van der Waals surface area contributed by atoms with Crippen LogP contribution in [0.2, 0.25) is 0 Å². The maximum atomic E-state index is 11.9. The average molecular weight is 260 g/mol. The number of aromatic carboxylic acids is 1. The quantitative estimate of drug-likeness (QED) is 0.882. The highest BCUT2D eigenvalue weighted by molar-refractivity contribution is 6.07. The van der Waals surface area contributed by atoms with Gasteiger partial charge in [-0.3, -0.25) is 4.79 Å². The molecule has 0 atom stereocenters. The number of carbonyl (C=O) groups excluding carboxylic acids is 1. The zero-order valence-electron chi connectivity index (χ0n) is 10.4. The zero-order chi connectivity index (χ0) is 14.0. The second kappa shape index (κ2) is 4.93. The van der Waals surface area contributed by atoms with Crippen LogP contribution >= 0.6 is 0 Å². The molecule has 0 aliphatic carbocycles. The third kappa shape index (κ3) is 2.62. The summed E-state index contributed by atoms with van der Waals surface area (Å²) < 4.78 is 4.80. The number of hydrogen-bond acceptors (Lipinski definition) is 4. The fourth-order valence-corrected chi connectivity index (χ4v) is 1.66. The number of aryl methyl sites for hydroxylation is 2. The van der Waals surface area contributed by atoms with Gasteiger partial charge in [-0.15, -0.1) is 0 Å². The number of para-hydroxylation sites is 1. The lowest BCUT2D eigenvalue weighted by Crippen LogP contribution is -2.16. The van der Waals surface area contributed by atoms with Crippen LogP contribution in [-0.2, 0) is 0 Å². The Labute approximate surface area is 109 Å². The molecular weight excluding hydrogens is 248 g/mol. The number of nitrogens with zero attached hydrogens (tertiary/aromatic N) is 1. The van der Waals surface area contributed by atoms with Crippen LogP contribution in [0, 0.1) is 13.8 Å². The van der Waals surface area contributed by atoms with E-state index in [1.807, 2.05) is 0 Å². The Morgan fingerprint density at radius 1 is 1.32 bits per heavy atom. The van der Waals surface area contributed by atoms with Gasteiger partial charge in [0.25, 0.3) is 5.91 Å². The Morgan fingerprint density at radius 2 is 2.05 bits per heavy atom. The third-order valence-electron chi connectivity index (χ3n) is 2.60. The zero-order valence-corrected chi connectivity index (χ0v) is 10.4. The van der Waals surface area contributed by atoms with Crippen LogP contribution in [0.25, 0.3) is 0 Å². The maximum absolute atomic E-state index is 11.9. The molecule has 0 saturated carbocycles. The highest BCUT2D eigenvalue weighted by atomic mass is 16.5. The van der Waals surface area contributed by atoms with Crippen molar-refractivity contribution in [2.75, 3.05) is 5.32 Å². The van der Waals surface area contributed by atoms with E-state index in [2.05, 4.69) is 10.5 Å². The number of hydrogen-bond donors (Lipinski definition) is 2. The Balaban J connectivity index is 2.33. The minimum atomic E-state index is -1.10. The summed E-state index contributed by atoms with van der Waals surface area (Å²) in [6.45, 7) is 3.39. The van der Waals surface area contributed by atoms with Crippen molar-refractivity contribution in [3.8, 4) is 0 Å².